The van der Waals surface area contributed by atoms with Crippen molar-refractivity contribution in [2.75, 3.05) is 0 Å². The van der Waals surface area contributed by atoms with Crippen molar-refractivity contribution >= 4 is 5.84 Å². The Hall–Kier alpha value is -1.62. The summed E-state index contributed by atoms with van der Waals surface area (Å²) in [6.07, 6.45) is 2.17. The second-order valence-corrected chi connectivity index (χ2v) is 4.36. The van der Waals surface area contributed by atoms with Gasteiger partial charge in [-0.3, -0.25) is 0 Å². The number of halogens is 1. The lowest BCUT2D eigenvalue weighted by Gasteiger charge is -2.14. The van der Waals surface area contributed by atoms with Crippen LogP contribution in [0.3, 0.4) is 0 Å². The van der Waals surface area contributed by atoms with E-state index in [9.17, 15) is 4.39 Å². The second-order valence-electron chi connectivity index (χ2n) is 4.36. The van der Waals surface area contributed by atoms with Crippen LogP contribution in [0.25, 0.3) is 0 Å². The van der Waals surface area contributed by atoms with Crippen LogP contribution < -0.4 is 11.1 Å². The minimum Gasteiger partial charge on any atom is -0.409 e. The van der Waals surface area contributed by atoms with Gasteiger partial charge in [0, 0.05) is 18.2 Å². The maximum atomic E-state index is 13.2. The Bertz CT molecular complexity index is 421. The number of rotatable bonds is 6. The lowest BCUT2D eigenvalue weighted by molar-refractivity contribution is 0.318. The molecule has 0 aliphatic carbocycles. The smallest absolute Gasteiger partial charge is 0.170 e. The van der Waals surface area contributed by atoms with Crippen LogP contribution in [0.4, 0.5) is 4.39 Å². The van der Waals surface area contributed by atoms with E-state index < -0.39 is 5.82 Å². The Labute approximate surface area is 107 Å². The van der Waals surface area contributed by atoms with Crippen LogP contribution in [0.2, 0.25) is 0 Å². The lowest BCUT2D eigenvalue weighted by Crippen LogP contribution is -2.27. The van der Waals surface area contributed by atoms with E-state index in [2.05, 4.69) is 24.3 Å². The molecular formula is C13H20FN3O. The Kier molecular flexibility index (Phi) is 5.58. The quantitative estimate of drug-likeness (QED) is 0.315. The van der Waals surface area contributed by atoms with Gasteiger partial charge in [0.1, 0.15) is 5.82 Å². The molecule has 0 aromatic heterocycles. The largest absolute Gasteiger partial charge is 0.409 e. The number of benzene rings is 1. The standard InChI is InChI=1S/C13H20FN3O/c1-3-4-9(2)16-8-10-5-6-11(14)7-12(10)13(15)17-18/h5-7,9,16,18H,3-4,8H2,1-2H3,(H2,15,17). The zero-order valence-electron chi connectivity index (χ0n) is 10.8. The summed E-state index contributed by atoms with van der Waals surface area (Å²) in [6.45, 7) is 4.78. The van der Waals surface area contributed by atoms with Gasteiger partial charge in [-0.2, -0.15) is 0 Å². The van der Waals surface area contributed by atoms with Crippen LogP contribution >= 0.6 is 0 Å². The first-order valence-electron chi connectivity index (χ1n) is 6.08. The fraction of sp³-hybridized carbons (Fsp3) is 0.462. The first-order chi connectivity index (χ1) is 8.58. The molecule has 0 saturated heterocycles. The Balaban J connectivity index is 2.82. The van der Waals surface area contributed by atoms with Crippen LogP contribution in [0, 0.1) is 5.82 Å². The molecule has 0 amide bonds. The molecule has 0 bridgehead atoms. The highest BCUT2D eigenvalue weighted by atomic mass is 19.1. The van der Waals surface area contributed by atoms with Crippen molar-refractivity contribution in [2.45, 2.75) is 39.3 Å². The van der Waals surface area contributed by atoms with Crippen molar-refractivity contribution in [1.29, 1.82) is 0 Å². The fourth-order valence-corrected chi connectivity index (χ4v) is 1.81. The minimum absolute atomic E-state index is 0.0746. The third kappa shape index (κ3) is 4.00. The predicted octanol–water partition coefficient (Wildman–Crippen LogP) is 2.20. The zero-order valence-corrected chi connectivity index (χ0v) is 10.8. The third-order valence-electron chi connectivity index (χ3n) is 2.82. The maximum absolute atomic E-state index is 13.2. The second kappa shape index (κ2) is 6.96. The van der Waals surface area contributed by atoms with Crippen molar-refractivity contribution in [1.82, 2.24) is 5.32 Å². The monoisotopic (exact) mass is 253 g/mol. The zero-order chi connectivity index (χ0) is 13.5. The average Bonchev–Trinajstić information content (AvgIpc) is 2.36. The van der Waals surface area contributed by atoms with Crippen molar-refractivity contribution < 1.29 is 9.60 Å². The molecule has 0 saturated carbocycles. The molecule has 1 aromatic carbocycles. The van der Waals surface area contributed by atoms with Crippen LogP contribution in [0.1, 0.15) is 37.8 Å². The summed E-state index contributed by atoms with van der Waals surface area (Å²) in [6, 6.07) is 4.67. The number of hydrogen-bond acceptors (Lipinski definition) is 3. The van der Waals surface area contributed by atoms with Gasteiger partial charge in [-0.15, -0.1) is 0 Å². The van der Waals surface area contributed by atoms with Gasteiger partial charge >= 0.3 is 0 Å². The van der Waals surface area contributed by atoms with Crippen molar-refractivity contribution in [3.8, 4) is 0 Å². The normalized spacial score (nSPS) is 13.6. The van der Waals surface area contributed by atoms with Gasteiger partial charge in [0.05, 0.1) is 0 Å². The third-order valence-corrected chi connectivity index (χ3v) is 2.82. The van der Waals surface area contributed by atoms with E-state index in [1.165, 1.54) is 12.1 Å². The maximum Gasteiger partial charge on any atom is 0.170 e. The molecule has 100 valence electrons. The van der Waals surface area contributed by atoms with E-state index in [0.717, 1.165) is 18.4 Å². The molecule has 0 aliphatic heterocycles. The molecule has 0 radical (unpaired) electrons. The number of amidine groups is 1. The van der Waals surface area contributed by atoms with Crippen molar-refractivity contribution in [2.24, 2.45) is 10.9 Å². The molecule has 1 atom stereocenters. The van der Waals surface area contributed by atoms with Gasteiger partial charge in [-0.25, -0.2) is 4.39 Å². The molecule has 4 N–H and O–H groups in total. The van der Waals surface area contributed by atoms with E-state index in [4.69, 9.17) is 10.9 Å². The van der Waals surface area contributed by atoms with Crippen molar-refractivity contribution in [3.05, 3.63) is 35.1 Å². The molecule has 0 aliphatic rings. The number of oxime groups is 1. The van der Waals surface area contributed by atoms with E-state index in [1.54, 1.807) is 6.07 Å². The fourth-order valence-electron chi connectivity index (χ4n) is 1.81. The summed E-state index contributed by atoms with van der Waals surface area (Å²) in [4.78, 5) is 0. The van der Waals surface area contributed by atoms with Crippen LogP contribution in [-0.2, 0) is 6.54 Å². The highest BCUT2D eigenvalue weighted by molar-refractivity contribution is 5.98. The number of hydrogen-bond donors (Lipinski definition) is 3. The Morgan fingerprint density at radius 3 is 2.89 bits per heavy atom. The highest BCUT2D eigenvalue weighted by Gasteiger charge is 2.09. The number of nitrogens with two attached hydrogens (primary N) is 1. The topological polar surface area (TPSA) is 70.6 Å². The van der Waals surface area contributed by atoms with E-state index in [0.29, 0.717) is 18.2 Å². The number of nitrogens with zero attached hydrogens (tertiary/aromatic N) is 1. The first kappa shape index (κ1) is 14.4. The summed E-state index contributed by atoms with van der Waals surface area (Å²) in [5.74, 6) is -0.476. The molecule has 0 heterocycles. The SMILES string of the molecule is CCCC(C)NCc1ccc(F)cc1C(N)=NO. The molecule has 0 spiro atoms. The summed E-state index contributed by atoms with van der Waals surface area (Å²) in [5.41, 5.74) is 6.77. The minimum atomic E-state index is -0.401. The summed E-state index contributed by atoms with van der Waals surface area (Å²) < 4.78 is 13.2. The molecule has 18 heavy (non-hydrogen) atoms. The summed E-state index contributed by atoms with van der Waals surface area (Å²) >= 11 is 0. The summed E-state index contributed by atoms with van der Waals surface area (Å²) in [7, 11) is 0. The van der Waals surface area contributed by atoms with E-state index in [-0.39, 0.29) is 5.84 Å². The van der Waals surface area contributed by atoms with Gasteiger partial charge in [-0.1, -0.05) is 24.6 Å². The molecular weight excluding hydrogens is 233 g/mol. The molecule has 1 aromatic rings. The van der Waals surface area contributed by atoms with Gasteiger partial charge in [0.15, 0.2) is 5.84 Å². The predicted molar refractivity (Wildman–Crippen MR) is 70.1 cm³/mol. The molecule has 1 unspecified atom stereocenters. The molecule has 4 nitrogen and oxygen atoms in total. The summed E-state index contributed by atoms with van der Waals surface area (Å²) in [5, 5.41) is 14.9. The van der Waals surface area contributed by atoms with Gasteiger partial charge in [0.2, 0.25) is 0 Å². The first-order valence-corrected chi connectivity index (χ1v) is 6.08. The van der Waals surface area contributed by atoms with E-state index >= 15 is 0 Å². The van der Waals surface area contributed by atoms with Gasteiger partial charge < -0.3 is 16.3 Å². The number of nitrogens with one attached hydrogen (secondary N) is 1. The molecule has 5 heteroatoms. The van der Waals surface area contributed by atoms with Crippen LogP contribution in [0.15, 0.2) is 23.4 Å². The van der Waals surface area contributed by atoms with Crippen molar-refractivity contribution in [3.63, 3.8) is 0 Å². The average molecular weight is 253 g/mol. The lowest BCUT2D eigenvalue weighted by atomic mass is 10.1. The Morgan fingerprint density at radius 1 is 1.56 bits per heavy atom. The van der Waals surface area contributed by atoms with Crippen LogP contribution in [0.5, 0.6) is 0 Å². The molecule has 1 rings (SSSR count). The highest BCUT2D eigenvalue weighted by Crippen LogP contribution is 2.12. The van der Waals surface area contributed by atoms with Gasteiger partial charge in [-0.05, 0) is 31.0 Å². The molecule has 0 fully saturated rings. The Morgan fingerprint density at radius 2 is 2.28 bits per heavy atom. The van der Waals surface area contributed by atoms with Crippen LogP contribution in [-0.4, -0.2) is 17.1 Å². The van der Waals surface area contributed by atoms with E-state index in [1.807, 2.05) is 0 Å². The van der Waals surface area contributed by atoms with Gasteiger partial charge in [0.25, 0.3) is 0 Å².